The Hall–Kier alpha value is -1.10. The second-order valence-corrected chi connectivity index (χ2v) is 5.91. The van der Waals surface area contributed by atoms with Crippen LogP contribution >= 0.6 is 0 Å². The summed E-state index contributed by atoms with van der Waals surface area (Å²) in [7, 11) is 0. The van der Waals surface area contributed by atoms with E-state index >= 15 is 0 Å². The van der Waals surface area contributed by atoms with Gasteiger partial charge in [0.1, 0.15) is 6.61 Å². The number of hydrogen-bond donors (Lipinski definition) is 2. The predicted octanol–water partition coefficient (Wildman–Crippen LogP) is 1.95. The summed E-state index contributed by atoms with van der Waals surface area (Å²) in [5.74, 6) is -1.10. The first-order valence-corrected chi connectivity index (χ1v) is 6.98. The fourth-order valence-corrected chi connectivity index (χ4v) is 2.31. The highest BCUT2D eigenvalue weighted by molar-refractivity contribution is 5.79. The van der Waals surface area contributed by atoms with Gasteiger partial charge < -0.3 is 15.2 Å². The van der Waals surface area contributed by atoms with Crippen LogP contribution in [-0.4, -0.2) is 35.2 Å². The quantitative estimate of drug-likeness (QED) is 0.742. The third kappa shape index (κ3) is 5.19. The zero-order chi connectivity index (χ0) is 14.5. The Balaban J connectivity index is 2.44. The molecule has 1 unspecified atom stereocenters. The molecule has 2 N–H and O–H groups in total. The van der Waals surface area contributed by atoms with Gasteiger partial charge in [-0.05, 0) is 25.7 Å². The van der Waals surface area contributed by atoms with Gasteiger partial charge in [-0.3, -0.25) is 9.59 Å². The van der Waals surface area contributed by atoms with Crippen LogP contribution in [0, 0.1) is 5.92 Å². The number of carbonyl (C=O) groups is 2. The van der Waals surface area contributed by atoms with Gasteiger partial charge in [0.05, 0.1) is 18.1 Å². The molecule has 19 heavy (non-hydrogen) atoms. The third-order valence-corrected chi connectivity index (χ3v) is 3.97. The molecule has 0 aromatic rings. The van der Waals surface area contributed by atoms with Crippen molar-refractivity contribution < 1.29 is 19.4 Å². The lowest BCUT2D eigenvalue weighted by Crippen LogP contribution is -2.52. The van der Waals surface area contributed by atoms with E-state index < -0.39 is 11.5 Å². The molecular formula is C14H25NO4. The molecule has 0 heterocycles. The largest absolute Gasteiger partial charge is 0.481 e. The number of carbonyl (C=O) groups excluding carboxylic acids is 1. The van der Waals surface area contributed by atoms with Crippen LogP contribution < -0.4 is 5.32 Å². The number of rotatable bonds is 7. The highest BCUT2D eigenvalue weighted by Gasteiger charge is 2.33. The van der Waals surface area contributed by atoms with Gasteiger partial charge in [0.2, 0.25) is 5.91 Å². The van der Waals surface area contributed by atoms with Crippen molar-refractivity contribution in [2.24, 2.45) is 5.92 Å². The van der Waals surface area contributed by atoms with Crippen molar-refractivity contribution in [3.8, 4) is 0 Å². The minimum absolute atomic E-state index is 0.0204. The molecule has 0 spiro atoms. The summed E-state index contributed by atoms with van der Waals surface area (Å²) in [6.07, 6.45) is 4.47. The van der Waals surface area contributed by atoms with Crippen molar-refractivity contribution in [2.75, 3.05) is 6.61 Å². The molecule has 1 aliphatic rings. The molecule has 0 bridgehead atoms. The standard InChI is InChI=1S/C14H25NO4/c1-10(2)14(3,8-13(17)18)15-12(16)9-19-11-6-4-5-7-11/h10-11H,4-9H2,1-3H3,(H,15,16)(H,17,18). The molecule has 0 radical (unpaired) electrons. The number of hydrogen-bond acceptors (Lipinski definition) is 3. The summed E-state index contributed by atoms with van der Waals surface area (Å²) >= 11 is 0. The zero-order valence-corrected chi connectivity index (χ0v) is 12.1. The molecule has 0 saturated heterocycles. The van der Waals surface area contributed by atoms with Gasteiger partial charge in [0.25, 0.3) is 0 Å². The van der Waals surface area contributed by atoms with Crippen molar-refractivity contribution >= 4 is 11.9 Å². The maximum atomic E-state index is 11.9. The van der Waals surface area contributed by atoms with Gasteiger partial charge in [-0.2, -0.15) is 0 Å². The zero-order valence-electron chi connectivity index (χ0n) is 12.1. The molecule has 1 fully saturated rings. The molecule has 1 atom stereocenters. The van der Waals surface area contributed by atoms with E-state index in [1.165, 1.54) is 0 Å². The van der Waals surface area contributed by atoms with Crippen molar-refractivity contribution in [3.05, 3.63) is 0 Å². The Morgan fingerprint density at radius 3 is 2.42 bits per heavy atom. The van der Waals surface area contributed by atoms with Crippen LogP contribution in [0.5, 0.6) is 0 Å². The average Bonchev–Trinajstić information content (AvgIpc) is 2.77. The van der Waals surface area contributed by atoms with E-state index in [0.29, 0.717) is 0 Å². The van der Waals surface area contributed by atoms with Crippen molar-refractivity contribution in [1.82, 2.24) is 5.32 Å². The van der Waals surface area contributed by atoms with Crippen LogP contribution in [0.1, 0.15) is 52.9 Å². The average molecular weight is 271 g/mol. The first-order valence-electron chi connectivity index (χ1n) is 6.98. The van der Waals surface area contributed by atoms with Gasteiger partial charge in [-0.25, -0.2) is 0 Å². The Bertz CT molecular complexity index is 323. The SMILES string of the molecule is CC(C)C(C)(CC(=O)O)NC(=O)COC1CCCC1. The van der Waals surface area contributed by atoms with Crippen LogP contribution in [0.2, 0.25) is 0 Å². The second-order valence-electron chi connectivity index (χ2n) is 5.91. The van der Waals surface area contributed by atoms with E-state index in [1.54, 1.807) is 6.92 Å². The Morgan fingerprint density at radius 2 is 1.95 bits per heavy atom. The predicted molar refractivity (Wildman–Crippen MR) is 71.8 cm³/mol. The van der Waals surface area contributed by atoms with Gasteiger partial charge in [0, 0.05) is 0 Å². The minimum Gasteiger partial charge on any atom is -0.481 e. The third-order valence-electron chi connectivity index (χ3n) is 3.97. The van der Waals surface area contributed by atoms with E-state index in [9.17, 15) is 9.59 Å². The second kappa shape index (κ2) is 6.89. The lowest BCUT2D eigenvalue weighted by Gasteiger charge is -2.33. The number of carboxylic acid groups (broad SMARTS) is 1. The number of nitrogens with one attached hydrogen (secondary N) is 1. The molecular weight excluding hydrogens is 246 g/mol. The van der Waals surface area contributed by atoms with Crippen molar-refractivity contribution in [2.45, 2.75) is 64.5 Å². The lowest BCUT2D eigenvalue weighted by molar-refractivity contribution is -0.140. The van der Waals surface area contributed by atoms with Crippen molar-refractivity contribution in [1.29, 1.82) is 0 Å². The van der Waals surface area contributed by atoms with Crippen LogP contribution in [0.15, 0.2) is 0 Å². The number of ether oxygens (including phenoxy) is 1. The molecule has 1 saturated carbocycles. The maximum Gasteiger partial charge on any atom is 0.305 e. The summed E-state index contributed by atoms with van der Waals surface area (Å²) < 4.78 is 5.54. The van der Waals surface area contributed by atoms with Crippen LogP contribution in [-0.2, 0) is 14.3 Å². The summed E-state index contributed by atoms with van der Waals surface area (Å²) in [5.41, 5.74) is -0.734. The topological polar surface area (TPSA) is 75.6 Å². The molecule has 110 valence electrons. The highest BCUT2D eigenvalue weighted by atomic mass is 16.5. The first-order chi connectivity index (χ1) is 8.83. The monoisotopic (exact) mass is 271 g/mol. The normalized spacial score (nSPS) is 19.4. The molecule has 0 aliphatic heterocycles. The van der Waals surface area contributed by atoms with E-state index in [0.717, 1.165) is 25.7 Å². The smallest absolute Gasteiger partial charge is 0.305 e. The summed E-state index contributed by atoms with van der Waals surface area (Å²) in [4.78, 5) is 22.8. The molecule has 0 aromatic heterocycles. The first kappa shape index (κ1) is 16.0. The fourth-order valence-electron chi connectivity index (χ4n) is 2.31. The van der Waals surface area contributed by atoms with Crippen LogP contribution in [0.25, 0.3) is 0 Å². The molecule has 0 aromatic carbocycles. The molecule has 1 amide bonds. The van der Waals surface area contributed by atoms with E-state index in [-0.39, 0.29) is 31.0 Å². The summed E-state index contributed by atoms with van der Waals surface area (Å²) in [5, 5.41) is 11.7. The van der Waals surface area contributed by atoms with Crippen LogP contribution in [0.4, 0.5) is 0 Å². The molecule has 1 rings (SSSR count). The Labute approximate surface area is 114 Å². The number of carboxylic acids is 1. The Kier molecular flexibility index (Phi) is 5.79. The van der Waals surface area contributed by atoms with E-state index in [2.05, 4.69) is 5.32 Å². The molecule has 5 heteroatoms. The summed E-state index contributed by atoms with van der Waals surface area (Å²) in [6, 6.07) is 0. The van der Waals surface area contributed by atoms with Crippen molar-refractivity contribution in [3.63, 3.8) is 0 Å². The minimum atomic E-state index is -0.909. The van der Waals surface area contributed by atoms with E-state index in [1.807, 2.05) is 13.8 Å². The van der Waals surface area contributed by atoms with Crippen LogP contribution in [0.3, 0.4) is 0 Å². The molecule has 5 nitrogen and oxygen atoms in total. The highest BCUT2D eigenvalue weighted by Crippen LogP contribution is 2.22. The maximum absolute atomic E-state index is 11.9. The van der Waals surface area contributed by atoms with E-state index in [4.69, 9.17) is 9.84 Å². The van der Waals surface area contributed by atoms with Gasteiger partial charge in [-0.15, -0.1) is 0 Å². The molecule has 1 aliphatic carbocycles. The number of amides is 1. The van der Waals surface area contributed by atoms with Gasteiger partial charge in [-0.1, -0.05) is 26.7 Å². The fraction of sp³-hybridized carbons (Fsp3) is 0.857. The lowest BCUT2D eigenvalue weighted by atomic mass is 9.85. The Morgan fingerprint density at radius 1 is 1.37 bits per heavy atom. The number of aliphatic carboxylic acids is 1. The van der Waals surface area contributed by atoms with Gasteiger partial charge >= 0.3 is 5.97 Å². The summed E-state index contributed by atoms with van der Waals surface area (Å²) in [6.45, 7) is 5.59. The van der Waals surface area contributed by atoms with Gasteiger partial charge in [0.15, 0.2) is 0 Å².